The van der Waals surface area contributed by atoms with Gasteiger partial charge in [0, 0.05) is 12.5 Å². The number of carbonyl (C=O) groups is 1. The maximum absolute atomic E-state index is 11.9. The molecule has 1 saturated carbocycles. The zero-order valence-electron chi connectivity index (χ0n) is 8.16. The first-order chi connectivity index (χ1) is 6.74. The van der Waals surface area contributed by atoms with Gasteiger partial charge in [0.25, 0.3) is 0 Å². The van der Waals surface area contributed by atoms with Gasteiger partial charge in [0.1, 0.15) is 5.69 Å². The van der Waals surface area contributed by atoms with Crippen LogP contribution in [-0.2, 0) is 6.54 Å². The fourth-order valence-electron chi connectivity index (χ4n) is 1.71. The van der Waals surface area contributed by atoms with Gasteiger partial charge in [-0.2, -0.15) is 5.10 Å². The monoisotopic (exact) mass is 212 g/mol. The van der Waals surface area contributed by atoms with Crippen molar-refractivity contribution in [2.45, 2.75) is 32.7 Å². The number of carbonyl (C=O) groups excluding carboxylic acids is 1. The molecule has 0 radical (unpaired) electrons. The summed E-state index contributed by atoms with van der Waals surface area (Å²) >= 11 is 5.94. The Labute approximate surface area is 88.1 Å². The first-order valence-corrected chi connectivity index (χ1v) is 5.37. The zero-order valence-corrected chi connectivity index (χ0v) is 8.92. The van der Waals surface area contributed by atoms with Crippen molar-refractivity contribution >= 4 is 17.4 Å². The van der Waals surface area contributed by atoms with Gasteiger partial charge in [-0.05, 0) is 19.8 Å². The molecule has 1 heterocycles. The van der Waals surface area contributed by atoms with Crippen molar-refractivity contribution in [1.82, 2.24) is 9.78 Å². The molecule has 0 bridgehead atoms. The van der Waals surface area contributed by atoms with Crippen LogP contribution in [0, 0.1) is 5.92 Å². The van der Waals surface area contributed by atoms with Gasteiger partial charge in [-0.25, -0.2) is 0 Å². The van der Waals surface area contributed by atoms with Crippen LogP contribution in [0.15, 0.2) is 6.20 Å². The van der Waals surface area contributed by atoms with Crippen LogP contribution in [0.4, 0.5) is 0 Å². The van der Waals surface area contributed by atoms with Crippen LogP contribution in [0.25, 0.3) is 0 Å². The highest BCUT2D eigenvalue weighted by Gasteiger charge is 2.29. The molecule has 1 aliphatic carbocycles. The molecule has 0 saturated heterocycles. The van der Waals surface area contributed by atoms with Crippen LogP contribution in [-0.4, -0.2) is 15.6 Å². The molecule has 1 aliphatic rings. The summed E-state index contributed by atoms with van der Waals surface area (Å²) in [5.41, 5.74) is 0.596. The van der Waals surface area contributed by atoms with Gasteiger partial charge >= 0.3 is 0 Å². The molecule has 1 fully saturated rings. The number of hydrogen-bond donors (Lipinski definition) is 0. The fraction of sp³-hybridized carbons (Fsp3) is 0.600. The summed E-state index contributed by atoms with van der Waals surface area (Å²) in [6.07, 6.45) is 4.72. The SMILES string of the molecule is CCn1ncc(Cl)c1C(=O)C1CCC1. The molecule has 0 amide bonds. The predicted molar refractivity (Wildman–Crippen MR) is 54.6 cm³/mol. The van der Waals surface area contributed by atoms with Gasteiger partial charge in [0.15, 0.2) is 5.78 Å². The van der Waals surface area contributed by atoms with Crippen molar-refractivity contribution in [3.63, 3.8) is 0 Å². The van der Waals surface area contributed by atoms with Gasteiger partial charge in [-0.1, -0.05) is 18.0 Å². The van der Waals surface area contributed by atoms with E-state index in [4.69, 9.17) is 11.6 Å². The molecule has 1 aromatic rings. The summed E-state index contributed by atoms with van der Waals surface area (Å²) < 4.78 is 1.68. The van der Waals surface area contributed by atoms with E-state index in [2.05, 4.69) is 5.10 Å². The Kier molecular flexibility index (Phi) is 2.59. The first kappa shape index (κ1) is 9.71. The maximum Gasteiger partial charge on any atom is 0.185 e. The lowest BCUT2D eigenvalue weighted by Gasteiger charge is -2.23. The number of aryl methyl sites for hydroxylation is 1. The minimum atomic E-state index is 0.167. The number of Topliss-reactive ketones (excluding diaryl/α,β-unsaturated/α-hetero) is 1. The van der Waals surface area contributed by atoms with E-state index in [-0.39, 0.29) is 11.7 Å². The van der Waals surface area contributed by atoms with E-state index < -0.39 is 0 Å². The molecular weight excluding hydrogens is 200 g/mol. The zero-order chi connectivity index (χ0) is 10.1. The van der Waals surface area contributed by atoms with E-state index >= 15 is 0 Å². The maximum atomic E-state index is 11.9. The summed E-state index contributed by atoms with van der Waals surface area (Å²) in [4.78, 5) is 11.9. The summed E-state index contributed by atoms with van der Waals surface area (Å²) in [6.45, 7) is 2.65. The van der Waals surface area contributed by atoms with Crippen molar-refractivity contribution in [3.8, 4) is 0 Å². The normalized spacial score (nSPS) is 16.7. The van der Waals surface area contributed by atoms with Crippen LogP contribution < -0.4 is 0 Å². The molecule has 76 valence electrons. The minimum Gasteiger partial charge on any atom is -0.292 e. The van der Waals surface area contributed by atoms with Gasteiger partial charge in [0.05, 0.1) is 11.2 Å². The number of hydrogen-bond acceptors (Lipinski definition) is 2. The highest BCUT2D eigenvalue weighted by molar-refractivity contribution is 6.33. The Bertz CT molecular complexity index is 355. The van der Waals surface area contributed by atoms with Crippen LogP contribution in [0.2, 0.25) is 5.02 Å². The average Bonchev–Trinajstić information content (AvgIpc) is 2.43. The smallest absolute Gasteiger partial charge is 0.185 e. The lowest BCUT2D eigenvalue weighted by atomic mass is 9.81. The second kappa shape index (κ2) is 3.73. The Morgan fingerprint density at radius 2 is 2.43 bits per heavy atom. The number of aromatic nitrogens is 2. The Hall–Kier alpha value is -0.830. The molecule has 0 N–H and O–H groups in total. The van der Waals surface area contributed by atoms with Crippen molar-refractivity contribution < 1.29 is 4.79 Å². The molecule has 0 spiro atoms. The summed E-state index contributed by atoms with van der Waals surface area (Å²) in [6, 6.07) is 0. The summed E-state index contributed by atoms with van der Waals surface area (Å²) in [7, 11) is 0. The molecule has 0 atom stereocenters. The average molecular weight is 213 g/mol. The molecule has 0 aliphatic heterocycles. The molecule has 1 aromatic heterocycles. The highest BCUT2D eigenvalue weighted by Crippen LogP contribution is 2.31. The molecule has 4 heteroatoms. The van der Waals surface area contributed by atoms with E-state index in [1.807, 2.05) is 6.92 Å². The van der Waals surface area contributed by atoms with Gasteiger partial charge in [0.2, 0.25) is 0 Å². The summed E-state index contributed by atoms with van der Waals surface area (Å²) in [5.74, 6) is 0.357. The van der Waals surface area contributed by atoms with Crippen LogP contribution >= 0.6 is 11.6 Å². The number of rotatable bonds is 3. The van der Waals surface area contributed by atoms with E-state index in [0.717, 1.165) is 19.3 Å². The van der Waals surface area contributed by atoms with E-state index in [9.17, 15) is 4.79 Å². The highest BCUT2D eigenvalue weighted by atomic mass is 35.5. The molecular formula is C10H13ClN2O. The van der Waals surface area contributed by atoms with Gasteiger partial charge in [-0.3, -0.25) is 9.48 Å². The quantitative estimate of drug-likeness (QED) is 0.722. The summed E-state index contributed by atoms with van der Waals surface area (Å²) in [5, 5.41) is 4.55. The third-order valence-electron chi connectivity index (χ3n) is 2.80. The number of halogens is 1. The lowest BCUT2D eigenvalue weighted by molar-refractivity contribution is 0.0844. The Morgan fingerprint density at radius 3 is 2.93 bits per heavy atom. The largest absolute Gasteiger partial charge is 0.292 e. The van der Waals surface area contributed by atoms with Crippen LogP contribution in [0.1, 0.15) is 36.7 Å². The molecule has 0 unspecified atom stereocenters. The van der Waals surface area contributed by atoms with Crippen molar-refractivity contribution in [1.29, 1.82) is 0 Å². The number of ketones is 1. The van der Waals surface area contributed by atoms with Crippen molar-refractivity contribution in [3.05, 3.63) is 16.9 Å². The van der Waals surface area contributed by atoms with Gasteiger partial charge in [-0.15, -0.1) is 0 Å². The van der Waals surface area contributed by atoms with E-state index in [1.165, 1.54) is 0 Å². The Morgan fingerprint density at radius 1 is 1.71 bits per heavy atom. The van der Waals surface area contributed by atoms with Gasteiger partial charge < -0.3 is 0 Å². The van der Waals surface area contributed by atoms with Crippen molar-refractivity contribution in [2.75, 3.05) is 0 Å². The molecule has 3 nitrogen and oxygen atoms in total. The van der Waals surface area contributed by atoms with Crippen LogP contribution in [0.3, 0.4) is 0 Å². The second-order valence-corrected chi connectivity index (χ2v) is 4.06. The third-order valence-corrected chi connectivity index (χ3v) is 3.08. The van der Waals surface area contributed by atoms with E-state index in [0.29, 0.717) is 17.3 Å². The Balaban J connectivity index is 2.28. The first-order valence-electron chi connectivity index (χ1n) is 4.99. The molecule has 0 aromatic carbocycles. The van der Waals surface area contributed by atoms with Crippen LogP contribution in [0.5, 0.6) is 0 Å². The number of nitrogens with zero attached hydrogens (tertiary/aromatic N) is 2. The topological polar surface area (TPSA) is 34.9 Å². The standard InChI is InChI=1S/C10H13ClN2O/c1-2-13-9(8(11)6-12-13)10(14)7-4-3-5-7/h6-7H,2-5H2,1H3. The lowest BCUT2D eigenvalue weighted by Crippen LogP contribution is -2.24. The molecule has 14 heavy (non-hydrogen) atoms. The fourth-order valence-corrected chi connectivity index (χ4v) is 1.95. The predicted octanol–water partition coefficient (Wildman–Crippen LogP) is 2.54. The van der Waals surface area contributed by atoms with Crippen molar-refractivity contribution in [2.24, 2.45) is 5.92 Å². The molecule has 2 rings (SSSR count). The second-order valence-electron chi connectivity index (χ2n) is 3.65. The minimum absolute atomic E-state index is 0.167. The third kappa shape index (κ3) is 1.46. The van der Waals surface area contributed by atoms with E-state index in [1.54, 1.807) is 10.9 Å².